The summed E-state index contributed by atoms with van der Waals surface area (Å²) in [5.41, 5.74) is 1.56. The highest BCUT2D eigenvalue weighted by Gasteiger charge is 2.44. The van der Waals surface area contributed by atoms with Crippen LogP contribution in [0.4, 0.5) is 0 Å². The molecule has 3 aromatic rings. The average Bonchev–Trinajstić information content (AvgIpc) is 2.77. The fourth-order valence-corrected chi connectivity index (χ4v) is 5.73. The number of nitrogens with one attached hydrogen (secondary N) is 1. The molecule has 3 atom stereocenters. The number of alkyl halides is 3. The molecule has 2 bridgehead atoms. The molecule has 0 radical (unpaired) electrons. The van der Waals surface area contributed by atoms with Crippen molar-refractivity contribution in [2.24, 2.45) is 5.92 Å². The van der Waals surface area contributed by atoms with E-state index in [9.17, 15) is 9.59 Å². The molecular weight excluding hydrogens is 469 g/mol. The van der Waals surface area contributed by atoms with Crippen LogP contribution < -0.4 is 10.9 Å². The van der Waals surface area contributed by atoms with Crippen molar-refractivity contribution in [3.05, 3.63) is 82.3 Å². The number of nitrogens with zero attached hydrogens (tertiary/aromatic N) is 2. The first-order chi connectivity index (χ1) is 15.3. The lowest BCUT2D eigenvalue weighted by molar-refractivity contribution is 0.0587. The number of hydrogen-bond donors (Lipinski definition) is 1. The summed E-state index contributed by atoms with van der Waals surface area (Å²) in [4.78, 5) is 27.6. The van der Waals surface area contributed by atoms with Crippen LogP contribution in [-0.4, -0.2) is 38.4 Å². The minimum absolute atomic E-state index is 0.0211. The SMILES string of the molecule is O=C(N[C@@H](N1C[C@@H]2C[C@@H](C1)c1cccc(=O)n1C2)C(Cl)(Cl)Cl)c1cccc2ccccc12. The number of carbonyl (C=O) groups excluding carboxylic acids is 1. The van der Waals surface area contributed by atoms with Crippen LogP contribution in [0.5, 0.6) is 0 Å². The number of halogens is 3. The van der Waals surface area contributed by atoms with Crippen LogP contribution in [0.15, 0.2) is 65.5 Å². The number of pyridine rings is 1. The van der Waals surface area contributed by atoms with E-state index < -0.39 is 9.96 Å². The Morgan fingerprint density at radius 1 is 0.969 bits per heavy atom. The fraction of sp³-hybridized carbons (Fsp3) is 0.333. The van der Waals surface area contributed by atoms with E-state index in [-0.39, 0.29) is 23.3 Å². The number of amides is 1. The van der Waals surface area contributed by atoms with Gasteiger partial charge < -0.3 is 9.88 Å². The Morgan fingerprint density at radius 3 is 2.53 bits per heavy atom. The van der Waals surface area contributed by atoms with Crippen molar-refractivity contribution in [2.45, 2.75) is 28.8 Å². The molecule has 0 saturated carbocycles. The smallest absolute Gasteiger partial charge is 0.253 e. The van der Waals surface area contributed by atoms with Crippen molar-refractivity contribution >= 4 is 51.5 Å². The maximum absolute atomic E-state index is 13.3. The second-order valence-electron chi connectivity index (χ2n) is 8.60. The van der Waals surface area contributed by atoms with Gasteiger partial charge in [0.25, 0.3) is 11.5 Å². The lowest BCUT2D eigenvalue weighted by Crippen LogP contribution is -2.60. The molecule has 0 unspecified atom stereocenters. The molecule has 5 rings (SSSR count). The number of fused-ring (bicyclic) bond motifs is 5. The number of likely N-dealkylation sites (tertiary alicyclic amines) is 1. The summed E-state index contributed by atoms with van der Waals surface area (Å²) in [5, 5.41) is 4.80. The van der Waals surface area contributed by atoms with Gasteiger partial charge in [0.2, 0.25) is 3.79 Å². The van der Waals surface area contributed by atoms with Crippen molar-refractivity contribution < 1.29 is 4.79 Å². The van der Waals surface area contributed by atoms with Gasteiger partial charge in [-0.2, -0.15) is 0 Å². The third-order valence-electron chi connectivity index (χ3n) is 6.49. The standard InChI is InChI=1S/C24H22Cl3N3O2/c25-24(26,27)23(28-22(32)19-8-3-6-16-5-1-2-7-18(16)19)29-12-15-11-17(14-29)20-9-4-10-21(31)30(20)13-15/h1-10,15,17,23H,11-14H2,(H,28,32)/t15-,17-,23-/m0/s1. The maximum atomic E-state index is 13.3. The average molecular weight is 491 g/mol. The van der Waals surface area contributed by atoms with Gasteiger partial charge >= 0.3 is 0 Å². The third kappa shape index (κ3) is 4.03. The summed E-state index contributed by atoms with van der Waals surface area (Å²) in [6, 6.07) is 18.7. The van der Waals surface area contributed by atoms with Crippen molar-refractivity contribution in [1.29, 1.82) is 0 Å². The molecule has 5 nitrogen and oxygen atoms in total. The van der Waals surface area contributed by atoms with Crippen molar-refractivity contribution in [1.82, 2.24) is 14.8 Å². The maximum Gasteiger partial charge on any atom is 0.253 e. The summed E-state index contributed by atoms with van der Waals surface area (Å²) in [6.45, 7) is 1.85. The number of aromatic nitrogens is 1. The molecule has 2 aromatic carbocycles. The predicted molar refractivity (Wildman–Crippen MR) is 129 cm³/mol. The molecule has 1 amide bonds. The van der Waals surface area contributed by atoms with E-state index in [2.05, 4.69) is 5.32 Å². The highest BCUT2D eigenvalue weighted by atomic mass is 35.6. The Hall–Kier alpha value is -2.05. The molecule has 3 heterocycles. The number of carbonyl (C=O) groups is 1. The van der Waals surface area contributed by atoms with Crippen LogP contribution >= 0.6 is 34.8 Å². The molecule has 2 aliphatic rings. The molecule has 0 spiro atoms. The van der Waals surface area contributed by atoms with Crippen LogP contribution in [0.1, 0.15) is 28.4 Å². The molecule has 1 aromatic heterocycles. The molecule has 8 heteroatoms. The van der Waals surface area contributed by atoms with E-state index in [1.807, 2.05) is 51.9 Å². The summed E-state index contributed by atoms with van der Waals surface area (Å²) < 4.78 is 0.136. The minimum atomic E-state index is -1.72. The molecule has 1 N–H and O–H groups in total. The zero-order chi connectivity index (χ0) is 22.5. The van der Waals surface area contributed by atoms with Crippen molar-refractivity contribution in [2.75, 3.05) is 13.1 Å². The second kappa shape index (κ2) is 8.38. The van der Waals surface area contributed by atoms with Crippen molar-refractivity contribution in [3.8, 4) is 0 Å². The van der Waals surface area contributed by atoms with Crippen LogP contribution in [-0.2, 0) is 6.54 Å². The normalized spacial score (nSPS) is 21.7. The molecule has 0 aliphatic carbocycles. The largest absolute Gasteiger partial charge is 0.332 e. The summed E-state index contributed by atoms with van der Waals surface area (Å²) in [7, 11) is 0. The van der Waals surface area contributed by atoms with Crippen molar-refractivity contribution in [3.63, 3.8) is 0 Å². The topological polar surface area (TPSA) is 54.3 Å². The molecule has 32 heavy (non-hydrogen) atoms. The Kier molecular flexibility index (Phi) is 5.70. The molecule has 166 valence electrons. The van der Waals surface area contributed by atoms with Crippen LogP contribution in [0.3, 0.4) is 0 Å². The van der Waals surface area contributed by atoms with Gasteiger partial charge in [0, 0.05) is 42.9 Å². The zero-order valence-electron chi connectivity index (χ0n) is 17.2. The van der Waals surface area contributed by atoms with Gasteiger partial charge in [0.05, 0.1) is 0 Å². The number of benzene rings is 2. The van der Waals surface area contributed by atoms with Gasteiger partial charge in [0.1, 0.15) is 6.17 Å². The van der Waals surface area contributed by atoms with E-state index in [1.165, 1.54) is 0 Å². The van der Waals surface area contributed by atoms with E-state index in [1.54, 1.807) is 18.2 Å². The lowest BCUT2D eigenvalue weighted by Gasteiger charge is -2.47. The van der Waals surface area contributed by atoms with Crippen LogP contribution in [0.2, 0.25) is 0 Å². The minimum Gasteiger partial charge on any atom is -0.332 e. The Labute approximate surface area is 200 Å². The first kappa shape index (κ1) is 21.8. The first-order valence-corrected chi connectivity index (χ1v) is 11.7. The monoisotopic (exact) mass is 489 g/mol. The Bertz CT molecular complexity index is 1230. The molecular formula is C24H22Cl3N3O2. The Morgan fingerprint density at radius 2 is 1.72 bits per heavy atom. The molecule has 1 fully saturated rings. The Balaban J connectivity index is 1.44. The third-order valence-corrected chi connectivity index (χ3v) is 7.11. The number of rotatable bonds is 3. The lowest BCUT2D eigenvalue weighted by atomic mass is 9.83. The van der Waals surface area contributed by atoms with Crippen LogP contribution in [0.25, 0.3) is 10.8 Å². The quantitative estimate of drug-likeness (QED) is 0.548. The predicted octanol–water partition coefficient (Wildman–Crippen LogP) is 4.55. The molecule has 2 aliphatic heterocycles. The molecule has 1 saturated heterocycles. The van der Waals surface area contributed by atoms with Gasteiger partial charge in [-0.15, -0.1) is 0 Å². The van der Waals surface area contributed by atoms with E-state index in [0.29, 0.717) is 25.2 Å². The zero-order valence-corrected chi connectivity index (χ0v) is 19.4. The van der Waals surface area contributed by atoms with Gasteiger partial charge in [-0.3, -0.25) is 14.5 Å². The summed E-state index contributed by atoms with van der Waals surface area (Å²) >= 11 is 19.2. The van der Waals surface area contributed by atoms with E-state index >= 15 is 0 Å². The van der Waals surface area contributed by atoms with E-state index in [0.717, 1.165) is 22.9 Å². The summed E-state index contributed by atoms with van der Waals surface area (Å²) in [6.07, 6.45) is 0.176. The highest BCUT2D eigenvalue weighted by Crippen LogP contribution is 2.40. The first-order valence-electron chi connectivity index (χ1n) is 10.6. The highest BCUT2D eigenvalue weighted by molar-refractivity contribution is 6.68. The van der Waals surface area contributed by atoms with Gasteiger partial charge in [-0.1, -0.05) is 77.3 Å². The van der Waals surface area contributed by atoms with Gasteiger partial charge in [-0.05, 0) is 35.2 Å². The second-order valence-corrected chi connectivity index (χ2v) is 11.0. The van der Waals surface area contributed by atoms with Gasteiger partial charge in [0.15, 0.2) is 0 Å². The van der Waals surface area contributed by atoms with E-state index in [4.69, 9.17) is 34.8 Å². The number of piperidine rings is 1. The van der Waals surface area contributed by atoms with Crippen LogP contribution in [0, 0.1) is 5.92 Å². The fourth-order valence-electron chi connectivity index (χ4n) is 5.15. The number of hydrogen-bond acceptors (Lipinski definition) is 3. The summed E-state index contributed by atoms with van der Waals surface area (Å²) in [5.74, 6) is 0.0943. The van der Waals surface area contributed by atoms with Gasteiger partial charge in [-0.25, -0.2) is 0 Å².